The number of nitrogens with one attached hydrogen (secondary N) is 1. The van der Waals surface area contributed by atoms with Gasteiger partial charge in [0.2, 0.25) is 10.0 Å². The highest BCUT2D eigenvalue weighted by Gasteiger charge is 2.17. The fourth-order valence-corrected chi connectivity index (χ4v) is 2.11. The van der Waals surface area contributed by atoms with Gasteiger partial charge >= 0.3 is 0 Å². The predicted molar refractivity (Wildman–Crippen MR) is 51.7 cm³/mol. The van der Waals surface area contributed by atoms with Gasteiger partial charge in [-0.3, -0.25) is 0 Å². The van der Waals surface area contributed by atoms with E-state index < -0.39 is 10.0 Å². The molecule has 0 heterocycles. The first-order valence-corrected chi connectivity index (χ1v) is 6.17. The van der Waals surface area contributed by atoms with Crippen LogP contribution in [0.2, 0.25) is 0 Å². The summed E-state index contributed by atoms with van der Waals surface area (Å²) < 4.78 is 24.6. The van der Waals surface area contributed by atoms with E-state index in [0.29, 0.717) is 5.92 Å². The zero-order chi connectivity index (χ0) is 9.78. The van der Waals surface area contributed by atoms with Gasteiger partial charge in [0.25, 0.3) is 0 Å². The molecule has 0 aromatic heterocycles. The van der Waals surface area contributed by atoms with Crippen molar-refractivity contribution in [2.24, 2.45) is 5.92 Å². The Morgan fingerprint density at radius 1 is 1.42 bits per heavy atom. The van der Waals surface area contributed by atoms with Crippen molar-refractivity contribution in [1.29, 1.82) is 0 Å². The maximum absolute atomic E-state index is 11.0. The second-order valence-electron chi connectivity index (χ2n) is 3.10. The molecule has 3 nitrogen and oxygen atoms in total. The second-order valence-corrected chi connectivity index (χ2v) is 5.44. The van der Waals surface area contributed by atoms with E-state index in [4.69, 9.17) is 11.6 Å². The van der Waals surface area contributed by atoms with Crippen LogP contribution in [0, 0.1) is 5.92 Å². The Bertz CT molecular complexity index is 213. The third kappa shape index (κ3) is 4.28. The summed E-state index contributed by atoms with van der Waals surface area (Å²) in [5, 5.41) is -0.365. The Morgan fingerprint density at radius 2 is 1.92 bits per heavy atom. The van der Waals surface area contributed by atoms with E-state index >= 15 is 0 Å². The molecular weight excluding hydrogens is 198 g/mol. The van der Waals surface area contributed by atoms with Gasteiger partial charge < -0.3 is 0 Å². The minimum Gasteiger partial charge on any atom is -0.211 e. The zero-order valence-electron chi connectivity index (χ0n) is 7.67. The topological polar surface area (TPSA) is 46.2 Å². The molecule has 1 unspecified atom stereocenters. The van der Waals surface area contributed by atoms with Crippen molar-refractivity contribution in [3.63, 3.8) is 0 Å². The molecule has 5 heteroatoms. The van der Waals surface area contributed by atoms with Crippen LogP contribution in [0.5, 0.6) is 0 Å². The molecule has 1 N–H and O–H groups in total. The number of halogens is 1. The Labute approximate surface area is 79.5 Å². The lowest BCUT2D eigenvalue weighted by molar-refractivity contribution is 0.438. The highest BCUT2D eigenvalue weighted by molar-refractivity contribution is 7.90. The fraction of sp³-hybridized carbons (Fsp3) is 1.00. The third-order valence-corrected chi connectivity index (χ3v) is 3.53. The Kier molecular flexibility index (Phi) is 5.13. The summed E-state index contributed by atoms with van der Waals surface area (Å²) in [4.78, 5) is 0. The van der Waals surface area contributed by atoms with E-state index in [0.717, 1.165) is 6.42 Å². The highest BCUT2D eigenvalue weighted by atomic mass is 35.5. The van der Waals surface area contributed by atoms with Crippen molar-refractivity contribution in [2.75, 3.05) is 5.21 Å². The number of alkyl halides is 1. The van der Waals surface area contributed by atoms with Gasteiger partial charge in [0.15, 0.2) is 0 Å². The van der Waals surface area contributed by atoms with Crippen molar-refractivity contribution >= 4 is 21.6 Å². The smallest absolute Gasteiger partial charge is 0.211 e. The number of hydrogen-bond donors (Lipinski definition) is 1. The van der Waals surface area contributed by atoms with Crippen molar-refractivity contribution < 1.29 is 8.42 Å². The molecule has 0 saturated heterocycles. The van der Waals surface area contributed by atoms with E-state index in [1.807, 2.05) is 20.8 Å². The molecule has 1 atom stereocenters. The van der Waals surface area contributed by atoms with Crippen molar-refractivity contribution in [3.05, 3.63) is 0 Å². The highest BCUT2D eigenvalue weighted by Crippen LogP contribution is 2.07. The van der Waals surface area contributed by atoms with Crippen LogP contribution in [-0.4, -0.2) is 19.7 Å². The van der Waals surface area contributed by atoms with E-state index in [9.17, 15) is 8.42 Å². The van der Waals surface area contributed by atoms with Crippen molar-refractivity contribution in [1.82, 2.24) is 4.72 Å². The summed E-state index contributed by atoms with van der Waals surface area (Å²) >= 11 is 5.25. The molecule has 12 heavy (non-hydrogen) atoms. The molecule has 0 fully saturated rings. The molecule has 0 rings (SSSR count). The molecule has 0 bridgehead atoms. The molecular formula is C7H16ClNO2S. The Balaban J connectivity index is 4.22. The third-order valence-electron chi connectivity index (χ3n) is 1.72. The monoisotopic (exact) mass is 213 g/mol. The first-order chi connectivity index (χ1) is 5.43. The normalized spacial score (nSPS) is 15.1. The van der Waals surface area contributed by atoms with Gasteiger partial charge in [-0.05, 0) is 12.3 Å². The summed E-state index contributed by atoms with van der Waals surface area (Å²) in [6.07, 6.45) is 0.786. The Morgan fingerprint density at radius 3 is 2.17 bits per heavy atom. The molecule has 0 aromatic rings. The van der Waals surface area contributed by atoms with Gasteiger partial charge in [-0.15, -0.1) is 11.6 Å². The molecule has 0 radical (unpaired) electrons. The van der Waals surface area contributed by atoms with E-state index in [1.165, 1.54) is 0 Å². The fourth-order valence-electron chi connectivity index (χ4n) is 0.953. The minimum atomic E-state index is -3.26. The van der Waals surface area contributed by atoms with Crippen LogP contribution in [0.15, 0.2) is 0 Å². The van der Waals surface area contributed by atoms with Crippen molar-refractivity contribution in [2.45, 2.75) is 33.2 Å². The van der Waals surface area contributed by atoms with Gasteiger partial charge in [0, 0.05) is 6.04 Å². The lowest BCUT2D eigenvalue weighted by atomic mass is 10.0. The average molecular weight is 214 g/mol. The first kappa shape index (κ1) is 12.2. The van der Waals surface area contributed by atoms with Crippen LogP contribution in [0.25, 0.3) is 0 Å². The number of sulfonamides is 1. The van der Waals surface area contributed by atoms with Gasteiger partial charge in [-0.25, -0.2) is 13.1 Å². The van der Waals surface area contributed by atoms with Crippen LogP contribution >= 0.6 is 11.6 Å². The summed E-state index contributed by atoms with van der Waals surface area (Å²) in [5.74, 6) is 0.299. The van der Waals surface area contributed by atoms with Gasteiger partial charge in [0.1, 0.15) is 5.21 Å². The molecule has 0 aromatic carbocycles. The molecule has 0 spiro atoms. The molecule has 0 aliphatic rings. The summed E-state index contributed by atoms with van der Waals surface area (Å²) in [6, 6.07) is -0.00579. The standard InChI is InChI=1S/C7H16ClNO2S/c1-4-7(6(2)3)9-12(10,11)5-8/h6-7,9H,4-5H2,1-3H3. The average Bonchev–Trinajstić information content (AvgIpc) is 2.00. The second kappa shape index (κ2) is 5.04. The zero-order valence-corrected chi connectivity index (χ0v) is 9.24. The number of rotatable bonds is 5. The lowest BCUT2D eigenvalue weighted by Crippen LogP contribution is -2.38. The largest absolute Gasteiger partial charge is 0.225 e. The van der Waals surface area contributed by atoms with Gasteiger partial charge in [-0.1, -0.05) is 20.8 Å². The van der Waals surface area contributed by atoms with E-state index in [-0.39, 0.29) is 11.3 Å². The van der Waals surface area contributed by atoms with Crippen LogP contribution in [0.4, 0.5) is 0 Å². The van der Waals surface area contributed by atoms with Crippen LogP contribution in [0.1, 0.15) is 27.2 Å². The summed E-state index contributed by atoms with van der Waals surface area (Å²) in [5.41, 5.74) is 0. The minimum absolute atomic E-state index is 0.00579. The van der Waals surface area contributed by atoms with E-state index in [1.54, 1.807) is 0 Å². The summed E-state index contributed by atoms with van der Waals surface area (Å²) in [7, 11) is -3.26. The predicted octanol–water partition coefficient (Wildman–Crippen LogP) is 1.54. The quantitative estimate of drug-likeness (QED) is 0.705. The molecule has 74 valence electrons. The molecule has 0 saturated carbocycles. The van der Waals surface area contributed by atoms with Crippen LogP contribution in [-0.2, 0) is 10.0 Å². The van der Waals surface area contributed by atoms with Crippen molar-refractivity contribution in [3.8, 4) is 0 Å². The maximum Gasteiger partial charge on any atom is 0.225 e. The lowest BCUT2D eigenvalue weighted by Gasteiger charge is -2.19. The van der Waals surface area contributed by atoms with Crippen LogP contribution in [0.3, 0.4) is 0 Å². The number of hydrogen-bond acceptors (Lipinski definition) is 2. The van der Waals surface area contributed by atoms with Gasteiger partial charge in [-0.2, -0.15) is 0 Å². The Hall–Kier alpha value is 0.200. The maximum atomic E-state index is 11.0. The molecule has 0 aliphatic heterocycles. The van der Waals surface area contributed by atoms with E-state index in [2.05, 4.69) is 4.72 Å². The summed E-state index contributed by atoms with van der Waals surface area (Å²) in [6.45, 7) is 5.90. The van der Waals surface area contributed by atoms with Crippen LogP contribution < -0.4 is 4.72 Å². The van der Waals surface area contributed by atoms with Gasteiger partial charge in [0.05, 0.1) is 0 Å². The molecule has 0 aliphatic carbocycles. The first-order valence-electron chi connectivity index (χ1n) is 3.99. The molecule has 0 amide bonds. The SMILES string of the molecule is CCC(NS(=O)(=O)CCl)C(C)C.